The standard InChI is InChI=1S/C10H13N3O2S2/c1-15-8-4-3-7-9(12-8)13(10(16)11-7)5-6-17(2)14/h3-4H,5-6H2,1-2H3,(H,11,16). The largest absolute Gasteiger partial charge is 0.481 e. The van der Waals surface area contributed by atoms with Crippen LogP contribution >= 0.6 is 12.2 Å². The molecule has 0 aliphatic heterocycles. The predicted octanol–water partition coefficient (Wildman–Crippen LogP) is 1.48. The average Bonchev–Trinajstić information content (AvgIpc) is 2.61. The molecule has 17 heavy (non-hydrogen) atoms. The number of nitrogens with zero attached hydrogens (tertiary/aromatic N) is 2. The second kappa shape index (κ2) is 4.97. The van der Waals surface area contributed by atoms with Gasteiger partial charge in [0.25, 0.3) is 0 Å². The summed E-state index contributed by atoms with van der Waals surface area (Å²) >= 11 is 5.21. The third kappa shape index (κ3) is 2.55. The Balaban J connectivity index is 2.48. The summed E-state index contributed by atoms with van der Waals surface area (Å²) in [6.07, 6.45) is 1.67. The van der Waals surface area contributed by atoms with Crippen molar-refractivity contribution in [3.63, 3.8) is 0 Å². The number of aromatic amines is 1. The monoisotopic (exact) mass is 271 g/mol. The van der Waals surface area contributed by atoms with Crippen molar-refractivity contribution >= 4 is 34.2 Å². The van der Waals surface area contributed by atoms with Gasteiger partial charge in [-0.1, -0.05) is 0 Å². The molecule has 0 aliphatic carbocycles. The first-order chi connectivity index (χ1) is 8.11. The Bertz CT molecular complexity index is 618. The molecule has 0 saturated carbocycles. The van der Waals surface area contributed by atoms with Gasteiger partial charge in [-0.3, -0.25) is 4.21 Å². The number of nitrogens with one attached hydrogen (secondary N) is 1. The zero-order chi connectivity index (χ0) is 12.4. The molecular weight excluding hydrogens is 258 g/mol. The molecule has 2 aromatic rings. The van der Waals surface area contributed by atoms with E-state index in [9.17, 15) is 4.21 Å². The smallest absolute Gasteiger partial charge is 0.215 e. The molecule has 0 aromatic carbocycles. The third-order valence-electron chi connectivity index (χ3n) is 2.40. The molecule has 0 spiro atoms. The van der Waals surface area contributed by atoms with Crippen molar-refractivity contribution in [2.24, 2.45) is 0 Å². The lowest BCUT2D eigenvalue weighted by molar-refractivity contribution is 0.399. The van der Waals surface area contributed by atoms with Crippen molar-refractivity contribution in [2.75, 3.05) is 19.1 Å². The minimum absolute atomic E-state index is 0.540. The van der Waals surface area contributed by atoms with Crippen molar-refractivity contribution < 1.29 is 8.95 Å². The van der Waals surface area contributed by atoms with Crippen LogP contribution in [0.25, 0.3) is 11.2 Å². The number of pyridine rings is 1. The van der Waals surface area contributed by atoms with Crippen LogP contribution in [0.4, 0.5) is 0 Å². The van der Waals surface area contributed by atoms with Gasteiger partial charge >= 0.3 is 0 Å². The van der Waals surface area contributed by atoms with Crippen LogP contribution in [-0.4, -0.2) is 37.9 Å². The Morgan fingerprint density at radius 1 is 1.59 bits per heavy atom. The van der Waals surface area contributed by atoms with E-state index >= 15 is 0 Å². The van der Waals surface area contributed by atoms with Gasteiger partial charge in [-0.25, -0.2) is 0 Å². The van der Waals surface area contributed by atoms with Crippen LogP contribution in [0, 0.1) is 4.77 Å². The number of fused-ring (bicyclic) bond motifs is 1. The van der Waals surface area contributed by atoms with Crippen molar-refractivity contribution in [3.8, 4) is 5.88 Å². The number of imidazole rings is 1. The number of methoxy groups -OCH3 is 1. The Labute approximate surface area is 106 Å². The normalized spacial score (nSPS) is 12.8. The molecule has 1 unspecified atom stereocenters. The highest BCUT2D eigenvalue weighted by Gasteiger charge is 2.07. The van der Waals surface area contributed by atoms with E-state index in [1.54, 1.807) is 19.4 Å². The highest BCUT2D eigenvalue weighted by atomic mass is 32.2. The number of rotatable bonds is 4. The molecule has 0 radical (unpaired) electrons. The maximum Gasteiger partial charge on any atom is 0.215 e. The SMILES string of the molecule is COc1ccc2[nH]c(=S)n(CCS(C)=O)c2n1. The van der Waals surface area contributed by atoms with E-state index in [0.717, 1.165) is 11.2 Å². The first-order valence-corrected chi connectivity index (χ1v) is 7.19. The maximum atomic E-state index is 11.1. The van der Waals surface area contributed by atoms with E-state index in [-0.39, 0.29) is 0 Å². The van der Waals surface area contributed by atoms with Crippen molar-refractivity contribution in [3.05, 3.63) is 16.9 Å². The summed E-state index contributed by atoms with van der Waals surface area (Å²) in [6, 6.07) is 3.65. The van der Waals surface area contributed by atoms with E-state index in [4.69, 9.17) is 17.0 Å². The molecule has 7 heteroatoms. The van der Waals surface area contributed by atoms with E-state index in [0.29, 0.717) is 22.9 Å². The van der Waals surface area contributed by atoms with Gasteiger partial charge in [0.1, 0.15) is 0 Å². The number of ether oxygens (including phenoxy) is 1. The molecule has 5 nitrogen and oxygen atoms in total. The van der Waals surface area contributed by atoms with Crippen LogP contribution in [-0.2, 0) is 17.3 Å². The summed E-state index contributed by atoms with van der Waals surface area (Å²) in [6.45, 7) is 0.585. The maximum absolute atomic E-state index is 11.1. The van der Waals surface area contributed by atoms with Crippen LogP contribution < -0.4 is 4.74 Å². The Kier molecular flexibility index (Phi) is 3.58. The molecule has 92 valence electrons. The lowest BCUT2D eigenvalue weighted by Gasteiger charge is -2.03. The molecule has 2 rings (SSSR count). The number of H-pyrrole nitrogens is 1. The molecule has 2 heterocycles. The van der Waals surface area contributed by atoms with Crippen LogP contribution in [0.1, 0.15) is 0 Å². The summed E-state index contributed by atoms with van der Waals surface area (Å²) in [7, 11) is 0.722. The van der Waals surface area contributed by atoms with Crippen molar-refractivity contribution in [1.82, 2.24) is 14.5 Å². The number of hydrogen-bond acceptors (Lipinski definition) is 4. The summed E-state index contributed by atoms with van der Waals surface area (Å²) in [5, 5.41) is 0. The zero-order valence-electron chi connectivity index (χ0n) is 9.60. The Morgan fingerprint density at radius 2 is 2.35 bits per heavy atom. The fourth-order valence-electron chi connectivity index (χ4n) is 1.55. The fourth-order valence-corrected chi connectivity index (χ4v) is 2.28. The molecular formula is C10H13N3O2S2. The molecule has 0 saturated heterocycles. The third-order valence-corrected chi connectivity index (χ3v) is 3.48. The fraction of sp³-hybridized carbons (Fsp3) is 0.400. The average molecular weight is 271 g/mol. The van der Waals surface area contributed by atoms with E-state index in [1.807, 2.05) is 10.6 Å². The highest BCUT2D eigenvalue weighted by molar-refractivity contribution is 7.84. The molecule has 1 atom stereocenters. The van der Waals surface area contributed by atoms with Crippen molar-refractivity contribution in [1.29, 1.82) is 0 Å². The van der Waals surface area contributed by atoms with Gasteiger partial charge < -0.3 is 14.3 Å². The summed E-state index contributed by atoms with van der Waals surface area (Å²) < 4.78 is 18.6. The van der Waals surface area contributed by atoms with E-state index in [2.05, 4.69) is 9.97 Å². The predicted molar refractivity (Wildman–Crippen MR) is 70.4 cm³/mol. The van der Waals surface area contributed by atoms with Crippen LogP contribution in [0.5, 0.6) is 5.88 Å². The van der Waals surface area contributed by atoms with E-state index in [1.165, 1.54) is 0 Å². The first kappa shape index (κ1) is 12.3. The lowest BCUT2D eigenvalue weighted by atomic mass is 10.4. The van der Waals surface area contributed by atoms with Gasteiger partial charge in [-0.15, -0.1) is 0 Å². The zero-order valence-corrected chi connectivity index (χ0v) is 11.2. The van der Waals surface area contributed by atoms with Crippen LogP contribution in [0.15, 0.2) is 12.1 Å². The van der Waals surface area contributed by atoms with Gasteiger partial charge in [0.05, 0.1) is 12.6 Å². The summed E-state index contributed by atoms with van der Waals surface area (Å²) in [5.74, 6) is 1.10. The Morgan fingerprint density at radius 3 is 3.00 bits per heavy atom. The van der Waals surface area contributed by atoms with Crippen LogP contribution in [0.2, 0.25) is 0 Å². The lowest BCUT2D eigenvalue weighted by Crippen LogP contribution is -2.07. The second-order valence-electron chi connectivity index (χ2n) is 3.58. The first-order valence-electron chi connectivity index (χ1n) is 5.05. The Hall–Kier alpha value is -1.21. The number of aromatic nitrogens is 3. The van der Waals surface area contributed by atoms with Crippen LogP contribution in [0.3, 0.4) is 0 Å². The molecule has 0 aliphatic rings. The molecule has 0 fully saturated rings. The van der Waals surface area contributed by atoms with Crippen molar-refractivity contribution in [2.45, 2.75) is 6.54 Å². The van der Waals surface area contributed by atoms with Gasteiger partial charge in [-0.05, 0) is 18.3 Å². The second-order valence-corrected chi connectivity index (χ2v) is 5.53. The van der Waals surface area contributed by atoms with Gasteiger partial charge in [0.15, 0.2) is 10.4 Å². The molecule has 2 aromatic heterocycles. The van der Waals surface area contributed by atoms with Gasteiger partial charge in [0, 0.05) is 35.4 Å². The summed E-state index contributed by atoms with van der Waals surface area (Å²) in [4.78, 5) is 7.40. The molecule has 0 amide bonds. The van der Waals surface area contributed by atoms with E-state index < -0.39 is 10.8 Å². The minimum atomic E-state index is -0.849. The molecule has 0 bridgehead atoms. The van der Waals surface area contributed by atoms with Gasteiger partial charge in [0.2, 0.25) is 5.88 Å². The highest BCUT2D eigenvalue weighted by Crippen LogP contribution is 2.16. The quantitative estimate of drug-likeness (QED) is 0.856. The summed E-state index contributed by atoms with van der Waals surface area (Å²) in [5.41, 5.74) is 1.59. The number of aryl methyl sites for hydroxylation is 1. The number of hydrogen-bond donors (Lipinski definition) is 1. The molecule has 1 N–H and O–H groups in total. The topological polar surface area (TPSA) is 59.9 Å². The minimum Gasteiger partial charge on any atom is -0.481 e. The van der Waals surface area contributed by atoms with Gasteiger partial charge in [-0.2, -0.15) is 4.98 Å².